The number of carbonyl (C=O) groups is 2. The number of rotatable bonds is 9. The molecular weight excluding hydrogens is 332 g/mol. The third-order valence-electron chi connectivity index (χ3n) is 3.08. The summed E-state index contributed by atoms with van der Waals surface area (Å²) in [5.74, 6) is -0.344. The van der Waals surface area contributed by atoms with Crippen LogP contribution in [0, 0.1) is 16.0 Å². The van der Waals surface area contributed by atoms with Gasteiger partial charge in [0.25, 0.3) is 11.6 Å². The van der Waals surface area contributed by atoms with Crippen molar-refractivity contribution in [1.29, 1.82) is 0 Å². The predicted molar refractivity (Wildman–Crippen MR) is 92.2 cm³/mol. The van der Waals surface area contributed by atoms with Crippen molar-refractivity contribution in [2.24, 2.45) is 5.92 Å². The minimum atomic E-state index is -0.557. The van der Waals surface area contributed by atoms with Crippen LogP contribution in [0.25, 0.3) is 0 Å². The Balaban J connectivity index is 2.81. The monoisotopic (exact) mass is 354 g/mol. The van der Waals surface area contributed by atoms with Gasteiger partial charge in [0, 0.05) is 18.2 Å². The molecule has 0 atom stereocenters. The van der Waals surface area contributed by atoms with Crippen molar-refractivity contribution in [3.05, 3.63) is 33.9 Å². The van der Waals surface area contributed by atoms with Crippen LogP contribution in [0.3, 0.4) is 0 Å². The molecule has 0 saturated heterocycles. The van der Waals surface area contributed by atoms with Gasteiger partial charge in [0.05, 0.1) is 22.2 Å². The van der Waals surface area contributed by atoms with Crippen LogP contribution in [-0.2, 0) is 9.53 Å². The van der Waals surface area contributed by atoms with Gasteiger partial charge >= 0.3 is 5.97 Å². The Morgan fingerprint density at radius 1 is 1.38 bits per heavy atom. The zero-order valence-electron chi connectivity index (χ0n) is 14.0. The second-order valence-electron chi connectivity index (χ2n) is 5.47. The Hall–Kier alpha value is -2.09. The first-order chi connectivity index (χ1) is 11.3. The van der Waals surface area contributed by atoms with Gasteiger partial charge < -0.3 is 10.1 Å². The number of hydrogen-bond acceptors (Lipinski definition) is 6. The van der Waals surface area contributed by atoms with E-state index in [2.05, 4.69) is 5.32 Å². The molecule has 132 valence electrons. The molecule has 0 heterocycles. The quantitative estimate of drug-likeness (QED) is 0.317. The average molecular weight is 354 g/mol. The summed E-state index contributed by atoms with van der Waals surface area (Å²) >= 11 is 1.02. The molecule has 1 N–H and O–H groups in total. The lowest BCUT2D eigenvalue weighted by atomic mass is 10.1. The number of hydrogen-bond donors (Lipinski definition) is 1. The van der Waals surface area contributed by atoms with Crippen molar-refractivity contribution >= 4 is 29.3 Å². The van der Waals surface area contributed by atoms with Gasteiger partial charge in [-0.3, -0.25) is 19.7 Å². The van der Waals surface area contributed by atoms with Crippen molar-refractivity contribution in [3.63, 3.8) is 0 Å². The molecule has 1 aromatic carbocycles. The minimum Gasteiger partial charge on any atom is -0.465 e. The van der Waals surface area contributed by atoms with Crippen molar-refractivity contribution < 1.29 is 19.2 Å². The maximum Gasteiger partial charge on any atom is 0.316 e. The molecule has 7 nitrogen and oxygen atoms in total. The molecule has 0 unspecified atom stereocenters. The van der Waals surface area contributed by atoms with E-state index in [1.54, 1.807) is 6.92 Å². The fourth-order valence-corrected chi connectivity index (χ4v) is 2.64. The highest BCUT2D eigenvalue weighted by atomic mass is 32.2. The van der Waals surface area contributed by atoms with E-state index in [0.29, 0.717) is 17.4 Å². The molecule has 1 aromatic rings. The summed E-state index contributed by atoms with van der Waals surface area (Å²) in [5, 5.41) is 14.0. The average Bonchev–Trinajstić information content (AvgIpc) is 2.52. The number of nitrogens with one attached hydrogen (secondary N) is 1. The Bertz CT molecular complexity index is 604. The third kappa shape index (κ3) is 6.57. The summed E-state index contributed by atoms with van der Waals surface area (Å²) in [5.41, 5.74) is 0.0340. The van der Waals surface area contributed by atoms with Crippen LogP contribution in [0.4, 0.5) is 5.69 Å². The molecule has 0 fully saturated rings. The van der Waals surface area contributed by atoms with Crippen molar-refractivity contribution in [2.45, 2.75) is 32.1 Å². The largest absolute Gasteiger partial charge is 0.465 e. The van der Waals surface area contributed by atoms with Crippen LogP contribution in [-0.4, -0.2) is 35.7 Å². The maximum atomic E-state index is 12.0. The summed E-state index contributed by atoms with van der Waals surface area (Å²) in [6.07, 6.45) is 0.835. The second-order valence-corrected chi connectivity index (χ2v) is 6.49. The summed E-state index contributed by atoms with van der Waals surface area (Å²) in [4.78, 5) is 34.4. The predicted octanol–water partition coefficient (Wildman–Crippen LogP) is 3.03. The van der Waals surface area contributed by atoms with Crippen LogP contribution in [0.1, 0.15) is 37.6 Å². The first kappa shape index (κ1) is 20.0. The smallest absolute Gasteiger partial charge is 0.316 e. The molecule has 0 aliphatic carbocycles. The summed E-state index contributed by atoms with van der Waals surface area (Å²) in [7, 11) is 0. The molecule has 1 amide bonds. The van der Waals surface area contributed by atoms with Gasteiger partial charge in [-0.1, -0.05) is 13.8 Å². The minimum absolute atomic E-state index is 0.0192. The Labute approximate surface area is 145 Å². The van der Waals surface area contributed by atoms with E-state index < -0.39 is 10.9 Å². The molecule has 0 aliphatic heterocycles. The summed E-state index contributed by atoms with van der Waals surface area (Å²) < 4.78 is 4.80. The zero-order valence-corrected chi connectivity index (χ0v) is 14.9. The molecule has 0 aromatic heterocycles. The second kappa shape index (κ2) is 9.92. The highest BCUT2D eigenvalue weighted by Gasteiger charge is 2.19. The van der Waals surface area contributed by atoms with E-state index in [1.165, 1.54) is 18.2 Å². The fraction of sp³-hybridized carbons (Fsp3) is 0.500. The van der Waals surface area contributed by atoms with Crippen LogP contribution >= 0.6 is 11.8 Å². The molecule has 24 heavy (non-hydrogen) atoms. The van der Waals surface area contributed by atoms with Crippen molar-refractivity contribution in [2.75, 3.05) is 18.9 Å². The van der Waals surface area contributed by atoms with E-state index >= 15 is 0 Å². The fourth-order valence-electron chi connectivity index (χ4n) is 1.84. The van der Waals surface area contributed by atoms with Crippen molar-refractivity contribution in [1.82, 2.24) is 5.32 Å². The number of esters is 1. The van der Waals surface area contributed by atoms with Gasteiger partial charge in [-0.25, -0.2) is 0 Å². The molecule has 0 saturated carbocycles. The first-order valence-corrected chi connectivity index (χ1v) is 8.68. The van der Waals surface area contributed by atoms with E-state index in [9.17, 15) is 19.7 Å². The third-order valence-corrected chi connectivity index (χ3v) is 4.11. The van der Waals surface area contributed by atoms with Crippen LogP contribution in [0.15, 0.2) is 23.1 Å². The van der Waals surface area contributed by atoms with Gasteiger partial charge in [0.2, 0.25) is 0 Å². The number of benzene rings is 1. The Kier molecular flexibility index (Phi) is 8.25. The molecule has 8 heteroatoms. The SMILES string of the molecule is CCOC(=O)CSc1ccc(C(=O)NCCC(C)C)cc1[N+](=O)[O-]. The topological polar surface area (TPSA) is 98.5 Å². The van der Waals surface area contributed by atoms with Gasteiger partial charge in [-0.15, -0.1) is 11.8 Å². The molecule has 1 rings (SSSR count). The standard InChI is InChI=1S/C16H22N2O5S/c1-4-23-15(19)10-24-14-6-5-12(9-13(14)18(21)22)16(20)17-8-7-11(2)3/h5-6,9,11H,4,7-8,10H2,1-3H3,(H,17,20). The lowest BCUT2D eigenvalue weighted by Crippen LogP contribution is -2.25. The van der Waals surface area contributed by atoms with Crippen LogP contribution in [0.5, 0.6) is 0 Å². The Morgan fingerprint density at radius 2 is 2.08 bits per heavy atom. The number of amides is 1. The molecule has 0 spiro atoms. The number of nitro groups is 1. The Morgan fingerprint density at radius 3 is 2.67 bits per heavy atom. The summed E-state index contributed by atoms with van der Waals surface area (Å²) in [6.45, 7) is 6.57. The van der Waals surface area contributed by atoms with E-state index in [-0.39, 0.29) is 29.5 Å². The zero-order chi connectivity index (χ0) is 18.1. The van der Waals surface area contributed by atoms with Gasteiger partial charge in [-0.05, 0) is 31.4 Å². The van der Waals surface area contributed by atoms with Crippen LogP contribution in [0.2, 0.25) is 0 Å². The van der Waals surface area contributed by atoms with E-state index in [0.717, 1.165) is 18.2 Å². The first-order valence-electron chi connectivity index (χ1n) is 7.70. The van der Waals surface area contributed by atoms with Gasteiger partial charge in [-0.2, -0.15) is 0 Å². The van der Waals surface area contributed by atoms with Crippen molar-refractivity contribution in [3.8, 4) is 0 Å². The highest BCUT2D eigenvalue weighted by molar-refractivity contribution is 8.00. The molecule has 0 bridgehead atoms. The molecule has 0 radical (unpaired) electrons. The van der Waals surface area contributed by atoms with E-state index in [1.807, 2.05) is 13.8 Å². The number of thioether (sulfide) groups is 1. The normalized spacial score (nSPS) is 10.5. The van der Waals surface area contributed by atoms with Gasteiger partial charge in [0.15, 0.2) is 0 Å². The molecular formula is C16H22N2O5S. The summed E-state index contributed by atoms with van der Waals surface area (Å²) in [6, 6.07) is 4.24. The van der Waals surface area contributed by atoms with Crippen LogP contribution < -0.4 is 5.32 Å². The lowest BCUT2D eigenvalue weighted by Gasteiger charge is -2.08. The number of carbonyl (C=O) groups excluding carboxylic acids is 2. The van der Waals surface area contributed by atoms with Gasteiger partial charge in [0.1, 0.15) is 0 Å². The maximum absolute atomic E-state index is 12.0. The van der Waals surface area contributed by atoms with E-state index in [4.69, 9.17) is 4.74 Å². The molecule has 0 aliphatic rings. The number of nitro benzene ring substituents is 1. The number of ether oxygens (including phenoxy) is 1. The lowest BCUT2D eigenvalue weighted by molar-refractivity contribution is -0.387. The highest BCUT2D eigenvalue weighted by Crippen LogP contribution is 2.30. The number of nitrogens with zero attached hydrogens (tertiary/aromatic N) is 1.